The smallest absolute Gasteiger partial charge is 0.371 e. The summed E-state index contributed by atoms with van der Waals surface area (Å²) >= 11 is 0. The number of amides is 1. The predicted octanol–water partition coefficient (Wildman–Crippen LogP) is 3.08. The predicted molar refractivity (Wildman–Crippen MR) is 108 cm³/mol. The van der Waals surface area contributed by atoms with E-state index >= 15 is 0 Å². The van der Waals surface area contributed by atoms with Gasteiger partial charge in [-0.1, -0.05) is 0 Å². The Bertz CT molecular complexity index is 1120. The molecule has 0 spiro atoms. The minimum absolute atomic E-state index is 0.0102. The molecule has 0 aliphatic carbocycles. The molecule has 1 heterocycles. The third-order valence-electron chi connectivity index (χ3n) is 5.09. The van der Waals surface area contributed by atoms with E-state index in [1.54, 1.807) is 11.0 Å². The van der Waals surface area contributed by atoms with E-state index in [-0.39, 0.29) is 35.1 Å². The molecular formula is C20H19F3N4O3S. The van der Waals surface area contributed by atoms with E-state index in [4.69, 9.17) is 10.4 Å². The summed E-state index contributed by atoms with van der Waals surface area (Å²) in [5.41, 5.74) is -0.557. The van der Waals surface area contributed by atoms with Crippen molar-refractivity contribution in [1.82, 2.24) is 0 Å². The molecule has 1 saturated heterocycles. The van der Waals surface area contributed by atoms with E-state index in [1.165, 1.54) is 36.4 Å². The summed E-state index contributed by atoms with van der Waals surface area (Å²) < 4.78 is 62.8. The molecule has 11 heteroatoms. The molecule has 0 atom stereocenters. The number of carbonyl (C=O) groups is 1. The lowest BCUT2D eigenvalue weighted by Crippen LogP contribution is -2.39. The Balaban J connectivity index is 1.66. The zero-order valence-electron chi connectivity index (χ0n) is 16.2. The van der Waals surface area contributed by atoms with Gasteiger partial charge in [0.05, 0.1) is 22.1 Å². The number of nitrogens with two attached hydrogens (primary N) is 1. The fourth-order valence-electron chi connectivity index (χ4n) is 3.46. The molecule has 7 nitrogen and oxygen atoms in total. The van der Waals surface area contributed by atoms with Gasteiger partial charge in [0.1, 0.15) is 0 Å². The Morgan fingerprint density at radius 3 is 2.26 bits per heavy atom. The zero-order valence-corrected chi connectivity index (χ0v) is 17.0. The Morgan fingerprint density at radius 2 is 1.74 bits per heavy atom. The minimum Gasteiger partial charge on any atom is -0.371 e. The van der Waals surface area contributed by atoms with E-state index in [0.29, 0.717) is 18.5 Å². The first kappa shape index (κ1) is 22.6. The highest BCUT2D eigenvalue weighted by Crippen LogP contribution is 2.38. The first-order valence-electron chi connectivity index (χ1n) is 9.29. The van der Waals surface area contributed by atoms with E-state index in [2.05, 4.69) is 5.32 Å². The van der Waals surface area contributed by atoms with Crippen molar-refractivity contribution < 1.29 is 26.4 Å². The maximum Gasteiger partial charge on any atom is 0.418 e. The second-order valence-corrected chi connectivity index (χ2v) is 8.72. The molecule has 1 fully saturated rings. The van der Waals surface area contributed by atoms with Gasteiger partial charge in [-0.15, -0.1) is 0 Å². The van der Waals surface area contributed by atoms with Crippen molar-refractivity contribution in [2.24, 2.45) is 11.1 Å². The van der Waals surface area contributed by atoms with Crippen LogP contribution in [-0.2, 0) is 21.0 Å². The summed E-state index contributed by atoms with van der Waals surface area (Å²) in [7, 11) is -3.84. The average molecular weight is 452 g/mol. The van der Waals surface area contributed by atoms with Crippen LogP contribution in [0.3, 0.4) is 0 Å². The molecule has 0 unspecified atom stereocenters. The third kappa shape index (κ3) is 5.34. The SMILES string of the molecule is N#Cc1ccc(N2CCC(C(=O)Nc3ccc(S(N)(=O)=O)cc3)CC2)c(C(F)(F)F)c1. The van der Waals surface area contributed by atoms with Crippen LogP contribution < -0.4 is 15.4 Å². The third-order valence-corrected chi connectivity index (χ3v) is 6.02. The zero-order chi connectivity index (χ0) is 22.8. The number of sulfonamides is 1. The van der Waals surface area contributed by atoms with Gasteiger partial charge >= 0.3 is 6.18 Å². The lowest BCUT2D eigenvalue weighted by atomic mass is 9.94. The summed E-state index contributed by atoms with van der Waals surface area (Å²) in [6, 6.07) is 10.6. The molecular weight excluding hydrogens is 433 g/mol. The summed E-state index contributed by atoms with van der Waals surface area (Å²) in [4.78, 5) is 14.0. The van der Waals surface area contributed by atoms with Crippen LogP contribution in [-0.4, -0.2) is 27.4 Å². The van der Waals surface area contributed by atoms with Gasteiger partial charge in [0.2, 0.25) is 15.9 Å². The highest BCUT2D eigenvalue weighted by Gasteiger charge is 2.36. The van der Waals surface area contributed by atoms with Gasteiger partial charge < -0.3 is 10.2 Å². The van der Waals surface area contributed by atoms with Crippen LogP contribution in [0.2, 0.25) is 0 Å². The highest BCUT2D eigenvalue weighted by atomic mass is 32.2. The summed E-state index contributed by atoms with van der Waals surface area (Å²) in [6.45, 7) is 0.495. The molecule has 3 rings (SSSR count). The maximum absolute atomic E-state index is 13.4. The van der Waals surface area contributed by atoms with Crippen LogP contribution in [0.1, 0.15) is 24.0 Å². The van der Waals surface area contributed by atoms with Crippen LogP contribution in [0.5, 0.6) is 0 Å². The number of alkyl halides is 3. The highest BCUT2D eigenvalue weighted by molar-refractivity contribution is 7.89. The number of primary sulfonamides is 1. The number of nitriles is 1. The van der Waals surface area contributed by atoms with E-state index in [1.807, 2.05) is 0 Å². The normalized spacial score (nSPS) is 15.4. The molecule has 0 radical (unpaired) electrons. The van der Waals surface area contributed by atoms with Gasteiger partial charge in [-0.25, -0.2) is 13.6 Å². The van der Waals surface area contributed by atoms with Crippen LogP contribution in [0, 0.1) is 17.2 Å². The number of halogens is 3. The van der Waals surface area contributed by atoms with Crippen molar-refractivity contribution in [2.45, 2.75) is 23.9 Å². The van der Waals surface area contributed by atoms with Crippen molar-refractivity contribution in [3.05, 3.63) is 53.6 Å². The van der Waals surface area contributed by atoms with Crippen molar-refractivity contribution >= 4 is 27.3 Å². The molecule has 164 valence electrons. The fraction of sp³-hybridized carbons (Fsp3) is 0.300. The van der Waals surface area contributed by atoms with E-state index in [9.17, 15) is 26.4 Å². The first-order valence-corrected chi connectivity index (χ1v) is 10.8. The first-order chi connectivity index (χ1) is 14.5. The number of hydrogen-bond acceptors (Lipinski definition) is 5. The molecule has 2 aromatic carbocycles. The standard InChI is InChI=1S/C20H19F3N4O3S/c21-20(22,23)17-11-13(12-24)1-6-18(17)27-9-7-14(8-10-27)19(28)26-15-2-4-16(5-3-15)31(25,29)30/h1-6,11,14H,7-10H2,(H,26,28)(H2,25,29,30). The number of benzene rings is 2. The van der Waals surface area contributed by atoms with Crippen molar-refractivity contribution in [1.29, 1.82) is 5.26 Å². The number of hydrogen-bond donors (Lipinski definition) is 2. The molecule has 1 aliphatic heterocycles. The molecule has 0 bridgehead atoms. The Kier molecular flexibility index (Phi) is 6.24. The summed E-state index contributed by atoms with van der Waals surface area (Å²) in [5, 5.41) is 16.6. The molecule has 31 heavy (non-hydrogen) atoms. The topological polar surface area (TPSA) is 116 Å². The molecule has 0 aromatic heterocycles. The molecule has 1 amide bonds. The van der Waals surface area contributed by atoms with Crippen molar-refractivity contribution in [2.75, 3.05) is 23.3 Å². The van der Waals surface area contributed by atoms with Crippen LogP contribution >= 0.6 is 0 Å². The van der Waals surface area contributed by atoms with Gasteiger partial charge in [0.15, 0.2) is 0 Å². The fourth-order valence-corrected chi connectivity index (χ4v) is 3.98. The Hall–Kier alpha value is -3.10. The lowest BCUT2D eigenvalue weighted by molar-refractivity contribution is -0.137. The van der Waals surface area contributed by atoms with Crippen LogP contribution in [0.25, 0.3) is 0 Å². The number of nitrogens with zero attached hydrogens (tertiary/aromatic N) is 2. The average Bonchev–Trinajstić information content (AvgIpc) is 2.72. The second-order valence-electron chi connectivity index (χ2n) is 7.16. The number of anilines is 2. The maximum atomic E-state index is 13.4. The number of piperidine rings is 1. The second kappa shape index (κ2) is 8.56. The van der Waals surface area contributed by atoms with Crippen molar-refractivity contribution in [3.8, 4) is 6.07 Å². The number of rotatable bonds is 4. The van der Waals surface area contributed by atoms with Gasteiger partial charge in [0, 0.05) is 30.4 Å². The monoisotopic (exact) mass is 452 g/mol. The Morgan fingerprint density at radius 1 is 1.13 bits per heavy atom. The van der Waals surface area contributed by atoms with Gasteiger partial charge in [0.25, 0.3) is 0 Å². The number of nitrogens with one attached hydrogen (secondary N) is 1. The largest absolute Gasteiger partial charge is 0.418 e. The molecule has 0 saturated carbocycles. The van der Waals surface area contributed by atoms with Gasteiger partial charge in [-0.3, -0.25) is 4.79 Å². The van der Waals surface area contributed by atoms with E-state index in [0.717, 1.165) is 6.07 Å². The molecule has 1 aliphatic rings. The van der Waals surface area contributed by atoms with Crippen molar-refractivity contribution in [3.63, 3.8) is 0 Å². The quantitative estimate of drug-likeness (QED) is 0.740. The minimum atomic E-state index is -4.60. The lowest BCUT2D eigenvalue weighted by Gasteiger charge is -2.34. The van der Waals surface area contributed by atoms with Crippen LogP contribution in [0.15, 0.2) is 47.4 Å². The molecule has 2 aromatic rings. The summed E-state index contributed by atoms with van der Waals surface area (Å²) in [5.74, 6) is -0.694. The summed E-state index contributed by atoms with van der Waals surface area (Å²) in [6.07, 6.45) is -3.91. The Labute approximate surface area is 177 Å². The number of carbonyl (C=O) groups excluding carboxylic acids is 1. The van der Waals surface area contributed by atoms with Gasteiger partial charge in [-0.2, -0.15) is 18.4 Å². The van der Waals surface area contributed by atoms with E-state index < -0.39 is 27.7 Å². The van der Waals surface area contributed by atoms with Gasteiger partial charge in [-0.05, 0) is 55.3 Å². The molecule has 3 N–H and O–H groups in total. The van der Waals surface area contributed by atoms with Crippen LogP contribution in [0.4, 0.5) is 24.5 Å².